The van der Waals surface area contributed by atoms with Gasteiger partial charge < -0.3 is 5.32 Å². The molecule has 2 aromatic carbocycles. The predicted molar refractivity (Wildman–Crippen MR) is 86.4 cm³/mol. The number of hydrogen-bond donors (Lipinski definition) is 1. The third-order valence-electron chi connectivity index (χ3n) is 3.47. The Hall–Kier alpha value is -2.42. The van der Waals surface area contributed by atoms with Crippen LogP contribution in [0.5, 0.6) is 0 Å². The van der Waals surface area contributed by atoms with Crippen molar-refractivity contribution in [3.63, 3.8) is 0 Å². The van der Waals surface area contributed by atoms with E-state index in [4.69, 9.17) is 0 Å². The van der Waals surface area contributed by atoms with Crippen LogP contribution in [0.1, 0.15) is 17.5 Å². The molecule has 1 amide bonds. The lowest BCUT2D eigenvalue weighted by molar-refractivity contribution is -0.137. The average molecular weight is 389 g/mol. The van der Waals surface area contributed by atoms with Crippen molar-refractivity contribution in [1.82, 2.24) is 5.32 Å². The molecule has 0 bridgehead atoms. The summed E-state index contributed by atoms with van der Waals surface area (Å²) >= 11 is 0. The van der Waals surface area contributed by atoms with Crippen LogP contribution in [0.4, 0.5) is 17.6 Å². The summed E-state index contributed by atoms with van der Waals surface area (Å²) in [7, 11) is -3.64. The molecule has 0 saturated heterocycles. The number of carbonyl (C=O) groups is 1. The minimum atomic E-state index is -4.70. The molecule has 26 heavy (non-hydrogen) atoms. The number of nitrogens with one attached hydrogen (secondary N) is 1. The molecule has 0 radical (unpaired) electrons. The Balaban J connectivity index is 1.94. The lowest BCUT2D eigenvalue weighted by Crippen LogP contribution is -2.25. The molecule has 0 spiro atoms. The highest BCUT2D eigenvalue weighted by atomic mass is 32.2. The SMILES string of the molecule is O=C(CCS(=O)(=O)c1ccccc1)NCc1cc(F)cc(C(F)(F)F)c1. The van der Waals surface area contributed by atoms with Crippen LogP contribution >= 0.6 is 0 Å². The molecule has 0 unspecified atom stereocenters. The highest BCUT2D eigenvalue weighted by Gasteiger charge is 2.31. The van der Waals surface area contributed by atoms with Crippen molar-refractivity contribution < 1.29 is 30.8 Å². The van der Waals surface area contributed by atoms with Crippen molar-refractivity contribution in [1.29, 1.82) is 0 Å². The van der Waals surface area contributed by atoms with E-state index in [9.17, 15) is 30.8 Å². The van der Waals surface area contributed by atoms with Gasteiger partial charge in [-0.15, -0.1) is 0 Å². The van der Waals surface area contributed by atoms with E-state index in [1.165, 1.54) is 12.1 Å². The summed E-state index contributed by atoms with van der Waals surface area (Å²) in [6, 6.07) is 9.51. The molecule has 0 aliphatic carbocycles. The van der Waals surface area contributed by atoms with Gasteiger partial charge in [-0.25, -0.2) is 12.8 Å². The van der Waals surface area contributed by atoms with E-state index in [1.807, 2.05) is 0 Å². The minimum Gasteiger partial charge on any atom is -0.352 e. The minimum absolute atomic E-state index is 0.0726. The molecule has 0 aromatic heterocycles. The summed E-state index contributed by atoms with van der Waals surface area (Å²) < 4.78 is 75.3. The first-order valence-corrected chi connectivity index (χ1v) is 9.14. The smallest absolute Gasteiger partial charge is 0.352 e. The maximum atomic E-state index is 13.3. The Morgan fingerprint density at radius 1 is 1.04 bits per heavy atom. The van der Waals surface area contributed by atoms with E-state index in [1.54, 1.807) is 18.2 Å². The van der Waals surface area contributed by atoms with E-state index in [-0.39, 0.29) is 23.4 Å². The number of rotatable bonds is 6. The zero-order chi connectivity index (χ0) is 19.4. The predicted octanol–water partition coefficient (Wildman–Crippen LogP) is 3.32. The maximum absolute atomic E-state index is 13.3. The summed E-state index contributed by atoms with van der Waals surface area (Å²) in [5.74, 6) is -2.18. The van der Waals surface area contributed by atoms with Crippen LogP contribution in [0, 0.1) is 5.82 Å². The number of carbonyl (C=O) groups excluding carboxylic acids is 1. The fourth-order valence-electron chi connectivity index (χ4n) is 2.18. The van der Waals surface area contributed by atoms with Gasteiger partial charge in [0.05, 0.1) is 16.2 Å². The van der Waals surface area contributed by atoms with Crippen LogP contribution in [-0.4, -0.2) is 20.1 Å². The Morgan fingerprint density at radius 3 is 2.31 bits per heavy atom. The van der Waals surface area contributed by atoms with Gasteiger partial charge in [-0.05, 0) is 35.9 Å². The van der Waals surface area contributed by atoms with E-state index >= 15 is 0 Å². The molecular formula is C17H15F4NO3S. The standard InChI is InChI=1S/C17H15F4NO3S/c18-14-9-12(8-13(10-14)17(19,20)21)11-22-16(23)6-7-26(24,25)15-4-2-1-3-5-15/h1-5,8-10H,6-7,11H2,(H,22,23). The monoisotopic (exact) mass is 389 g/mol. The second-order valence-electron chi connectivity index (χ2n) is 5.50. The summed E-state index contributed by atoms with van der Waals surface area (Å²) in [4.78, 5) is 11.8. The first-order chi connectivity index (χ1) is 12.1. The van der Waals surface area contributed by atoms with Crippen LogP contribution in [0.15, 0.2) is 53.4 Å². The molecule has 4 nitrogen and oxygen atoms in total. The molecule has 0 heterocycles. The Bertz CT molecular complexity index is 881. The molecule has 0 aliphatic heterocycles. The highest BCUT2D eigenvalue weighted by molar-refractivity contribution is 7.91. The summed E-state index contributed by atoms with van der Waals surface area (Å²) in [5, 5.41) is 2.29. The number of hydrogen-bond acceptors (Lipinski definition) is 3. The zero-order valence-electron chi connectivity index (χ0n) is 13.4. The number of sulfone groups is 1. The normalized spacial score (nSPS) is 12.0. The molecule has 1 N–H and O–H groups in total. The number of alkyl halides is 3. The largest absolute Gasteiger partial charge is 0.416 e. The molecular weight excluding hydrogens is 374 g/mol. The van der Waals surface area contributed by atoms with Crippen LogP contribution in [-0.2, 0) is 27.4 Å². The average Bonchev–Trinajstić information content (AvgIpc) is 2.58. The van der Waals surface area contributed by atoms with Gasteiger partial charge in [0.15, 0.2) is 9.84 Å². The van der Waals surface area contributed by atoms with E-state index in [0.717, 1.165) is 12.1 Å². The molecule has 2 rings (SSSR count). The lowest BCUT2D eigenvalue weighted by atomic mass is 10.1. The Morgan fingerprint density at radius 2 is 1.69 bits per heavy atom. The molecule has 140 valence electrons. The Kier molecular flexibility index (Phi) is 6.01. The second-order valence-corrected chi connectivity index (χ2v) is 7.61. The van der Waals surface area contributed by atoms with Gasteiger partial charge in [-0.1, -0.05) is 18.2 Å². The molecule has 2 aromatic rings. The first kappa shape index (κ1) is 19.9. The fourth-order valence-corrected chi connectivity index (χ4v) is 3.44. The fraction of sp³-hybridized carbons (Fsp3) is 0.235. The molecule has 0 atom stereocenters. The zero-order valence-corrected chi connectivity index (χ0v) is 14.2. The third-order valence-corrected chi connectivity index (χ3v) is 5.21. The van der Waals surface area contributed by atoms with Gasteiger partial charge in [0.25, 0.3) is 0 Å². The maximum Gasteiger partial charge on any atom is 0.416 e. The van der Waals surface area contributed by atoms with Crippen LogP contribution in [0.3, 0.4) is 0 Å². The molecule has 9 heteroatoms. The molecule has 0 fully saturated rings. The van der Waals surface area contributed by atoms with Crippen molar-refractivity contribution >= 4 is 15.7 Å². The van der Waals surface area contributed by atoms with Crippen LogP contribution in [0.2, 0.25) is 0 Å². The number of amides is 1. The van der Waals surface area contributed by atoms with Gasteiger partial charge in [0, 0.05) is 13.0 Å². The van der Waals surface area contributed by atoms with Crippen molar-refractivity contribution in [2.45, 2.75) is 24.0 Å². The van der Waals surface area contributed by atoms with E-state index in [0.29, 0.717) is 6.07 Å². The molecule has 0 saturated carbocycles. The number of halogens is 4. The molecule has 0 aliphatic rings. The third kappa shape index (κ3) is 5.55. The second kappa shape index (κ2) is 7.86. The van der Waals surface area contributed by atoms with Gasteiger partial charge in [0.1, 0.15) is 5.82 Å². The van der Waals surface area contributed by atoms with Crippen molar-refractivity contribution in [2.24, 2.45) is 0 Å². The Labute approximate surface area is 147 Å². The van der Waals surface area contributed by atoms with Crippen molar-refractivity contribution in [3.05, 3.63) is 65.5 Å². The lowest BCUT2D eigenvalue weighted by Gasteiger charge is -2.10. The van der Waals surface area contributed by atoms with E-state index in [2.05, 4.69) is 5.32 Å². The van der Waals surface area contributed by atoms with Gasteiger partial charge in [-0.2, -0.15) is 13.2 Å². The van der Waals surface area contributed by atoms with Crippen molar-refractivity contribution in [2.75, 3.05) is 5.75 Å². The summed E-state index contributed by atoms with van der Waals surface area (Å²) in [6.45, 7) is -0.342. The van der Waals surface area contributed by atoms with Gasteiger partial charge in [-0.3, -0.25) is 4.79 Å². The van der Waals surface area contributed by atoms with Gasteiger partial charge >= 0.3 is 6.18 Å². The van der Waals surface area contributed by atoms with Crippen LogP contribution in [0.25, 0.3) is 0 Å². The van der Waals surface area contributed by atoms with Gasteiger partial charge in [0.2, 0.25) is 5.91 Å². The summed E-state index contributed by atoms with van der Waals surface area (Å²) in [6.07, 6.45) is -5.07. The van der Waals surface area contributed by atoms with Crippen molar-refractivity contribution in [3.8, 4) is 0 Å². The first-order valence-electron chi connectivity index (χ1n) is 7.49. The quantitative estimate of drug-likeness (QED) is 0.771. The van der Waals surface area contributed by atoms with E-state index < -0.39 is 39.1 Å². The summed E-state index contributed by atoms with van der Waals surface area (Å²) in [5.41, 5.74) is -1.23. The topological polar surface area (TPSA) is 63.2 Å². The van der Waals surface area contributed by atoms with Crippen LogP contribution < -0.4 is 5.32 Å². The number of benzene rings is 2. The highest BCUT2D eigenvalue weighted by Crippen LogP contribution is 2.30.